The smallest absolute Gasteiger partial charge is 0.243 e. The summed E-state index contributed by atoms with van der Waals surface area (Å²) in [5, 5.41) is 3.51. The molecule has 0 aliphatic rings. The van der Waals surface area contributed by atoms with Gasteiger partial charge in [-0.3, -0.25) is 13.9 Å². The Morgan fingerprint density at radius 1 is 0.952 bits per heavy atom. The monoisotopic (exact) mass is 613 g/mol. The summed E-state index contributed by atoms with van der Waals surface area (Å²) in [5.41, 5.74) is 2.23. The summed E-state index contributed by atoms with van der Waals surface area (Å²) in [6.07, 6.45) is 3.56. The molecule has 10 heteroatoms. The van der Waals surface area contributed by atoms with Gasteiger partial charge in [0.1, 0.15) is 11.8 Å². The van der Waals surface area contributed by atoms with Gasteiger partial charge in [-0.05, 0) is 60.4 Å². The fourth-order valence-electron chi connectivity index (χ4n) is 4.64. The predicted molar refractivity (Wildman–Crippen MR) is 168 cm³/mol. The molecule has 2 amide bonds. The lowest BCUT2D eigenvalue weighted by molar-refractivity contribution is -0.141. The number of hydrogen-bond acceptors (Lipinski definition) is 5. The average Bonchev–Trinajstić information content (AvgIpc) is 2.97. The maximum atomic E-state index is 13.9. The van der Waals surface area contributed by atoms with E-state index in [-0.39, 0.29) is 37.7 Å². The lowest BCUT2D eigenvalue weighted by Crippen LogP contribution is -2.50. The number of unbranched alkanes of at least 4 members (excludes halogenated alkanes) is 1. The van der Waals surface area contributed by atoms with E-state index in [1.165, 1.54) is 4.31 Å². The van der Waals surface area contributed by atoms with Gasteiger partial charge in [-0.25, -0.2) is 8.42 Å². The normalized spacial score (nSPS) is 11.9. The number of amides is 2. The summed E-state index contributed by atoms with van der Waals surface area (Å²) in [6, 6.07) is 22.8. The second kappa shape index (κ2) is 16.2. The van der Waals surface area contributed by atoms with E-state index in [9.17, 15) is 18.0 Å². The predicted octanol–water partition coefficient (Wildman–Crippen LogP) is 5.45. The first-order valence-electron chi connectivity index (χ1n) is 14.1. The fourth-order valence-corrected chi connectivity index (χ4v) is 5.73. The van der Waals surface area contributed by atoms with Gasteiger partial charge in [0.25, 0.3) is 0 Å². The number of carbonyl (C=O) groups is 2. The zero-order chi connectivity index (χ0) is 30.5. The van der Waals surface area contributed by atoms with Crippen molar-refractivity contribution < 1.29 is 22.7 Å². The van der Waals surface area contributed by atoms with Crippen LogP contribution in [0.1, 0.15) is 43.7 Å². The maximum Gasteiger partial charge on any atom is 0.243 e. The zero-order valence-electron chi connectivity index (χ0n) is 24.5. The highest BCUT2D eigenvalue weighted by Gasteiger charge is 2.30. The second-order valence-corrected chi connectivity index (χ2v) is 12.5. The zero-order valence-corrected chi connectivity index (χ0v) is 26.0. The molecule has 0 unspecified atom stereocenters. The summed E-state index contributed by atoms with van der Waals surface area (Å²) in [5.74, 6) is 0.190. The molecule has 42 heavy (non-hydrogen) atoms. The highest BCUT2D eigenvalue weighted by molar-refractivity contribution is 7.92. The van der Waals surface area contributed by atoms with Gasteiger partial charge in [0.05, 0.1) is 19.1 Å². The van der Waals surface area contributed by atoms with Crippen molar-refractivity contribution in [3.63, 3.8) is 0 Å². The number of ether oxygens (including phenoxy) is 1. The molecular formula is C32H40ClN3O5S. The van der Waals surface area contributed by atoms with Crippen LogP contribution in [0.25, 0.3) is 0 Å². The van der Waals surface area contributed by atoms with Crippen LogP contribution in [0.2, 0.25) is 5.02 Å². The number of hydrogen-bond donors (Lipinski definition) is 1. The molecule has 0 saturated carbocycles. The van der Waals surface area contributed by atoms with Crippen LogP contribution in [0.3, 0.4) is 0 Å². The first-order chi connectivity index (χ1) is 20.1. The third kappa shape index (κ3) is 10.1. The van der Waals surface area contributed by atoms with E-state index in [4.69, 9.17) is 16.3 Å². The number of nitrogens with one attached hydrogen (secondary N) is 1. The Kier molecular flexibility index (Phi) is 12.7. The van der Waals surface area contributed by atoms with E-state index in [1.54, 1.807) is 36.3 Å². The molecule has 226 valence electrons. The summed E-state index contributed by atoms with van der Waals surface area (Å²) >= 11 is 5.99. The third-order valence-corrected chi connectivity index (χ3v) is 8.30. The van der Waals surface area contributed by atoms with Gasteiger partial charge < -0.3 is 15.0 Å². The van der Waals surface area contributed by atoms with Crippen molar-refractivity contribution >= 4 is 39.1 Å². The minimum Gasteiger partial charge on any atom is -0.497 e. The quantitative estimate of drug-likeness (QED) is 0.217. The average molecular weight is 614 g/mol. The Bertz CT molecular complexity index is 1400. The van der Waals surface area contributed by atoms with E-state index in [0.29, 0.717) is 29.4 Å². The van der Waals surface area contributed by atoms with Crippen molar-refractivity contribution in [3.8, 4) is 5.75 Å². The van der Waals surface area contributed by atoms with Crippen LogP contribution in [0.5, 0.6) is 5.75 Å². The van der Waals surface area contributed by atoms with Crippen LogP contribution in [0.4, 0.5) is 5.69 Å². The van der Waals surface area contributed by atoms with Crippen LogP contribution in [0.15, 0.2) is 78.9 Å². The molecule has 0 aromatic heterocycles. The van der Waals surface area contributed by atoms with Gasteiger partial charge in [-0.15, -0.1) is 0 Å². The standard InChI is InChI=1S/C32H40ClN3O5S/c1-4-5-20-34-32(38)30(23-25-11-7-6-8-12-25)35(24-26-13-9-14-29(22-26)41-2)31(37)15-10-21-36(42(3,39)40)28-18-16-27(33)17-19-28/h6-9,11-14,16-19,22,30H,4-5,10,15,20-21,23-24H2,1-3H3,(H,34,38)/t30-/m0/s1. The highest BCUT2D eigenvalue weighted by Crippen LogP contribution is 2.23. The largest absolute Gasteiger partial charge is 0.497 e. The molecule has 3 aromatic rings. The Balaban J connectivity index is 1.88. The Morgan fingerprint density at radius 2 is 1.64 bits per heavy atom. The number of rotatable bonds is 16. The molecule has 1 atom stereocenters. The van der Waals surface area contributed by atoms with Crippen LogP contribution in [0, 0.1) is 0 Å². The topological polar surface area (TPSA) is 96.0 Å². The SMILES string of the molecule is CCCCNC(=O)[C@H](Cc1ccccc1)N(Cc1cccc(OC)c1)C(=O)CCCN(c1ccc(Cl)cc1)S(C)(=O)=O. The lowest BCUT2D eigenvalue weighted by Gasteiger charge is -2.32. The van der Waals surface area contributed by atoms with E-state index >= 15 is 0 Å². The van der Waals surface area contributed by atoms with Gasteiger partial charge in [0.2, 0.25) is 21.8 Å². The van der Waals surface area contributed by atoms with Crippen LogP contribution < -0.4 is 14.4 Å². The third-order valence-electron chi connectivity index (χ3n) is 6.85. The number of benzene rings is 3. The maximum absolute atomic E-state index is 13.9. The number of methoxy groups -OCH3 is 1. The molecular weight excluding hydrogens is 574 g/mol. The minimum absolute atomic E-state index is 0.0527. The van der Waals surface area contributed by atoms with Crippen molar-refractivity contribution in [3.05, 3.63) is 95.0 Å². The molecule has 0 aliphatic heterocycles. The van der Waals surface area contributed by atoms with Gasteiger partial charge in [0.15, 0.2) is 0 Å². The molecule has 0 saturated heterocycles. The molecule has 0 radical (unpaired) electrons. The molecule has 3 aromatic carbocycles. The van der Waals surface area contributed by atoms with Crippen molar-refractivity contribution in [2.45, 2.75) is 51.6 Å². The highest BCUT2D eigenvalue weighted by atomic mass is 35.5. The molecule has 0 bridgehead atoms. The first-order valence-corrected chi connectivity index (χ1v) is 16.3. The molecule has 1 N–H and O–H groups in total. The number of anilines is 1. The second-order valence-electron chi connectivity index (χ2n) is 10.1. The van der Waals surface area contributed by atoms with Crippen molar-refractivity contribution in [2.75, 3.05) is 30.8 Å². The van der Waals surface area contributed by atoms with Gasteiger partial charge in [-0.2, -0.15) is 0 Å². The first kappa shape index (κ1) is 32.9. The van der Waals surface area contributed by atoms with E-state index in [0.717, 1.165) is 30.2 Å². The molecule has 8 nitrogen and oxygen atoms in total. The Hall–Kier alpha value is -3.56. The number of sulfonamides is 1. The van der Waals surface area contributed by atoms with E-state index < -0.39 is 16.1 Å². The van der Waals surface area contributed by atoms with Gasteiger partial charge >= 0.3 is 0 Å². The number of carbonyl (C=O) groups excluding carboxylic acids is 2. The van der Waals surface area contributed by atoms with E-state index in [2.05, 4.69) is 12.2 Å². The molecule has 0 spiro atoms. The summed E-state index contributed by atoms with van der Waals surface area (Å²) in [6.45, 7) is 2.87. The molecule has 0 heterocycles. The summed E-state index contributed by atoms with van der Waals surface area (Å²) in [7, 11) is -2.02. The van der Waals surface area contributed by atoms with Gasteiger partial charge in [-0.1, -0.05) is 67.4 Å². The van der Waals surface area contributed by atoms with Crippen LogP contribution >= 0.6 is 11.6 Å². The van der Waals surface area contributed by atoms with Crippen molar-refractivity contribution in [1.82, 2.24) is 10.2 Å². The Labute approximate surface area is 254 Å². The minimum atomic E-state index is -3.60. The van der Waals surface area contributed by atoms with E-state index in [1.807, 2.05) is 54.6 Å². The van der Waals surface area contributed by atoms with Gasteiger partial charge in [0, 0.05) is 37.5 Å². The van der Waals surface area contributed by atoms with Crippen LogP contribution in [-0.4, -0.2) is 57.6 Å². The number of nitrogens with zero attached hydrogens (tertiary/aromatic N) is 2. The van der Waals surface area contributed by atoms with Crippen molar-refractivity contribution in [2.24, 2.45) is 0 Å². The number of halogens is 1. The Morgan fingerprint density at radius 3 is 2.29 bits per heavy atom. The summed E-state index contributed by atoms with van der Waals surface area (Å²) in [4.78, 5) is 29.1. The molecule has 0 fully saturated rings. The van der Waals surface area contributed by atoms with Crippen LogP contribution in [-0.2, 0) is 32.6 Å². The summed E-state index contributed by atoms with van der Waals surface area (Å²) < 4.78 is 31.8. The lowest BCUT2D eigenvalue weighted by atomic mass is 10.0. The molecule has 3 rings (SSSR count). The van der Waals surface area contributed by atoms with Crippen molar-refractivity contribution in [1.29, 1.82) is 0 Å². The fraction of sp³-hybridized carbons (Fsp3) is 0.375. The molecule has 0 aliphatic carbocycles.